The third-order valence-electron chi connectivity index (χ3n) is 3.10. The van der Waals surface area contributed by atoms with Gasteiger partial charge >= 0.3 is 5.88 Å². The minimum absolute atomic E-state index is 0.123. The van der Waals surface area contributed by atoms with E-state index in [1.54, 1.807) is 0 Å². The van der Waals surface area contributed by atoms with Gasteiger partial charge in [-0.1, -0.05) is 0 Å². The smallest absolute Gasteiger partial charge is 0.395 e. The molecule has 1 aliphatic rings. The molecule has 1 aliphatic carbocycles. The van der Waals surface area contributed by atoms with E-state index in [1.807, 2.05) is 0 Å². The molecule has 3 rings (SSSR count). The summed E-state index contributed by atoms with van der Waals surface area (Å²) >= 11 is 0. The van der Waals surface area contributed by atoms with Crippen molar-refractivity contribution in [1.29, 1.82) is 0 Å². The molecule has 0 saturated carbocycles. The number of fused-ring (bicyclic) bond motifs is 1. The number of hydrogen-bond donors (Lipinski definition) is 1. The summed E-state index contributed by atoms with van der Waals surface area (Å²) < 4.78 is 4.84. The zero-order chi connectivity index (χ0) is 14.1. The van der Waals surface area contributed by atoms with Crippen LogP contribution in [0, 0.1) is 10.1 Å². The van der Waals surface area contributed by atoms with Gasteiger partial charge in [0.15, 0.2) is 5.76 Å². The van der Waals surface area contributed by atoms with E-state index in [2.05, 4.69) is 15.3 Å². The fourth-order valence-electron chi connectivity index (χ4n) is 2.18. The number of carbonyl (C=O) groups excluding carboxylic acids is 1. The predicted octanol–water partition coefficient (Wildman–Crippen LogP) is 1.72. The monoisotopic (exact) mass is 274 g/mol. The second kappa shape index (κ2) is 4.72. The summed E-state index contributed by atoms with van der Waals surface area (Å²) in [6.45, 7) is 0. The van der Waals surface area contributed by atoms with Crippen molar-refractivity contribution >= 4 is 17.6 Å². The number of amides is 1. The summed E-state index contributed by atoms with van der Waals surface area (Å²) in [5, 5.41) is 13.1. The summed E-state index contributed by atoms with van der Waals surface area (Å²) in [6.07, 6.45) is 4.05. The van der Waals surface area contributed by atoms with Crippen LogP contribution in [0.3, 0.4) is 0 Å². The van der Waals surface area contributed by atoms with E-state index < -0.39 is 16.7 Å². The van der Waals surface area contributed by atoms with Crippen molar-refractivity contribution in [3.8, 4) is 0 Å². The maximum absolute atomic E-state index is 12.0. The van der Waals surface area contributed by atoms with Gasteiger partial charge in [0.2, 0.25) is 0 Å². The number of furan rings is 1. The first kappa shape index (κ1) is 12.3. The Hall–Kier alpha value is -2.77. The molecular weight excluding hydrogens is 264 g/mol. The summed E-state index contributed by atoms with van der Waals surface area (Å²) in [4.78, 5) is 30.0. The molecule has 0 aromatic carbocycles. The van der Waals surface area contributed by atoms with E-state index in [1.165, 1.54) is 12.4 Å². The van der Waals surface area contributed by atoms with Crippen LogP contribution in [0.4, 0.5) is 11.7 Å². The van der Waals surface area contributed by atoms with Crippen LogP contribution in [0.1, 0.15) is 28.2 Å². The molecular formula is C12H10N4O4. The Morgan fingerprint density at radius 2 is 2.20 bits per heavy atom. The van der Waals surface area contributed by atoms with Gasteiger partial charge in [-0.2, -0.15) is 0 Å². The molecule has 0 unspecified atom stereocenters. The van der Waals surface area contributed by atoms with Gasteiger partial charge in [-0.05, 0) is 25.3 Å². The highest BCUT2D eigenvalue weighted by atomic mass is 16.6. The molecule has 0 spiro atoms. The van der Waals surface area contributed by atoms with Crippen molar-refractivity contribution in [2.75, 3.05) is 5.32 Å². The molecule has 2 aromatic rings. The van der Waals surface area contributed by atoms with Gasteiger partial charge in [0.05, 0.1) is 6.07 Å². The molecule has 20 heavy (non-hydrogen) atoms. The second-order valence-electron chi connectivity index (χ2n) is 4.35. The SMILES string of the molecule is O=C(Nc1ncnc2c1CCC2)c1ccc([N+](=O)[O-])o1. The topological polar surface area (TPSA) is 111 Å². The van der Waals surface area contributed by atoms with E-state index in [0.717, 1.165) is 36.6 Å². The Balaban J connectivity index is 1.82. The van der Waals surface area contributed by atoms with Crippen molar-refractivity contribution < 1.29 is 14.1 Å². The van der Waals surface area contributed by atoms with Crippen LogP contribution in [0.25, 0.3) is 0 Å². The van der Waals surface area contributed by atoms with Gasteiger partial charge < -0.3 is 9.73 Å². The van der Waals surface area contributed by atoms with Crippen LogP contribution in [-0.4, -0.2) is 20.8 Å². The number of nitro groups is 1. The number of aromatic nitrogens is 2. The van der Waals surface area contributed by atoms with Gasteiger partial charge in [-0.3, -0.25) is 14.9 Å². The average molecular weight is 274 g/mol. The zero-order valence-corrected chi connectivity index (χ0v) is 10.3. The lowest BCUT2D eigenvalue weighted by Crippen LogP contribution is -2.14. The largest absolute Gasteiger partial charge is 0.433 e. The van der Waals surface area contributed by atoms with Crippen LogP contribution >= 0.6 is 0 Å². The highest BCUT2D eigenvalue weighted by Crippen LogP contribution is 2.25. The lowest BCUT2D eigenvalue weighted by atomic mass is 10.2. The molecule has 0 radical (unpaired) electrons. The van der Waals surface area contributed by atoms with Gasteiger partial charge in [-0.15, -0.1) is 0 Å². The van der Waals surface area contributed by atoms with Crippen molar-refractivity contribution in [3.05, 3.63) is 45.6 Å². The molecule has 8 nitrogen and oxygen atoms in total. The van der Waals surface area contributed by atoms with Crippen LogP contribution in [0.5, 0.6) is 0 Å². The predicted molar refractivity (Wildman–Crippen MR) is 67.4 cm³/mol. The minimum atomic E-state index is -0.695. The Morgan fingerprint density at radius 1 is 1.35 bits per heavy atom. The van der Waals surface area contributed by atoms with E-state index in [4.69, 9.17) is 4.42 Å². The molecule has 0 atom stereocenters. The van der Waals surface area contributed by atoms with Crippen LogP contribution in [0.2, 0.25) is 0 Å². The number of hydrogen-bond acceptors (Lipinski definition) is 6. The average Bonchev–Trinajstić information content (AvgIpc) is 3.08. The fourth-order valence-corrected chi connectivity index (χ4v) is 2.18. The number of nitrogens with one attached hydrogen (secondary N) is 1. The fraction of sp³-hybridized carbons (Fsp3) is 0.250. The molecule has 1 amide bonds. The third-order valence-corrected chi connectivity index (χ3v) is 3.10. The minimum Gasteiger partial charge on any atom is -0.395 e. The van der Waals surface area contributed by atoms with Crippen molar-refractivity contribution in [2.24, 2.45) is 0 Å². The molecule has 0 fully saturated rings. The van der Waals surface area contributed by atoms with Crippen LogP contribution in [-0.2, 0) is 12.8 Å². The lowest BCUT2D eigenvalue weighted by Gasteiger charge is -2.06. The lowest BCUT2D eigenvalue weighted by molar-refractivity contribution is -0.402. The molecule has 1 N–H and O–H groups in total. The van der Waals surface area contributed by atoms with Crippen LogP contribution in [0.15, 0.2) is 22.9 Å². The zero-order valence-electron chi connectivity index (χ0n) is 10.3. The number of anilines is 1. The van der Waals surface area contributed by atoms with Gasteiger partial charge in [0, 0.05) is 11.3 Å². The highest BCUT2D eigenvalue weighted by Gasteiger charge is 2.21. The molecule has 0 aliphatic heterocycles. The molecule has 8 heteroatoms. The van der Waals surface area contributed by atoms with E-state index in [9.17, 15) is 14.9 Å². The third kappa shape index (κ3) is 2.11. The number of aryl methyl sites for hydroxylation is 1. The number of carbonyl (C=O) groups is 1. The van der Waals surface area contributed by atoms with Gasteiger partial charge in [-0.25, -0.2) is 9.97 Å². The summed E-state index contributed by atoms with van der Waals surface area (Å²) in [7, 11) is 0. The van der Waals surface area contributed by atoms with Crippen molar-refractivity contribution in [3.63, 3.8) is 0 Å². The van der Waals surface area contributed by atoms with Crippen molar-refractivity contribution in [1.82, 2.24) is 9.97 Å². The first-order chi connectivity index (χ1) is 9.65. The Labute approximate surface area is 113 Å². The quantitative estimate of drug-likeness (QED) is 0.673. The Kier molecular flexibility index (Phi) is 2.90. The van der Waals surface area contributed by atoms with E-state index in [0.29, 0.717) is 5.82 Å². The first-order valence-corrected chi connectivity index (χ1v) is 6.03. The molecule has 0 bridgehead atoms. The summed E-state index contributed by atoms with van der Waals surface area (Å²) in [6, 6.07) is 2.40. The van der Waals surface area contributed by atoms with Crippen LogP contribution < -0.4 is 5.32 Å². The first-order valence-electron chi connectivity index (χ1n) is 6.03. The summed E-state index contributed by atoms with van der Waals surface area (Å²) in [5.74, 6) is -0.715. The van der Waals surface area contributed by atoms with Crippen molar-refractivity contribution in [2.45, 2.75) is 19.3 Å². The molecule has 2 aromatic heterocycles. The molecule has 102 valence electrons. The normalized spacial score (nSPS) is 13.0. The Morgan fingerprint density at radius 3 is 2.95 bits per heavy atom. The van der Waals surface area contributed by atoms with Gasteiger partial charge in [0.1, 0.15) is 17.1 Å². The van der Waals surface area contributed by atoms with E-state index in [-0.39, 0.29) is 5.76 Å². The molecule has 2 heterocycles. The number of rotatable bonds is 3. The second-order valence-corrected chi connectivity index (χ2v) is 4.35. The summed E-state index contributed by atoms with van der Waals surface area (Å²) in [5.41, 5.74) is 1.85. The maximum atomic E-state index is 12.0. The standard InChI is InChI=1S/C12H10N4O4/c17-12(9-4-5-10(20-9)16(18)19)15-11-7-2-1-3-8(7)13-6-14-11/h4-6H,1-3H2,(H,13,14,15,17). The van der Waals surface area contributed by atoms with E-state index >= 15 is 0 Å². The molecule has 0 saturated heterocycles. The Bertz CT molecular complexity index is 695. The highest BCUT2D eigenvalue weighted by molar-refractivity contribution is 6.02. The van der Waals surface area contributed by atoms with Gasteiger partial charge in [0.25, 0.3) is 5.91 Å². The number of nitrogens with zero attached hydrogens (tertiary/aromatic N) is 3. The maximum Gasteiger partial charge on any atom is 0.433 e.